The number of likely N-dealkylation sites (N-methyl/N-ethyl adjacent to an activating group) is 1. The molecule has 1 unspecified atom stereocenters. The number of hydrogen-bond acceptors (Lipinski definition) is 2. The van der Waals surface area contributed by atoms with Crippen molar-refractivity contribution in [2.75, 3.05) is 14.1 Å². The lowest BCUT2D eigenvalue weighted by Gasteiger charge is -2.20. The smallest absolute Gasteiger partial charge is 0.325 e. The van der Waals surface area contributed by atoms with E-state index in [-0.39, 0.29) is 0 Å². The van der Waals surface area contributed by atoms with Crippen LogP contribution in [0.5, 0.6) is 0 Å². The highest BCUT2D eigenvalue weighted by Gasteiger charge is 2.25. The lowest BCUT2D eigenvalue weighted by Crippen LogP contribution is -2.27. The first-order valence-electron chi connectivity index (χ1n) is 5.58. The van der Waals surface area contributed by atoms with Crippen LogP contribution in [0.2, 0.25) is 0 Å². The third-order valence-corrected chi connectivity index (χ3v) is 3.05. The molecule has 0 aromatic heterocycles. The van der Waals surface area contributed by atoms with Crippen LogP contribution in [-0.4, -0.2) is 30.1 Å². The molecule has 1 atom stereocenters. The number of rotatable bonds is 4. The fraction of sp³-hybridized carbons (Fsp3) is 0.462. The molecule has 1 aromatic carbocycles. The molecule has 1 fully saturated rings. The number of carboxylic acids is 1. The van der Waals surface area contributed by atoms with Gasteiger partial charge in [0.1, 0.15) is 6.04 Å². The van der Waals surface area contributed by atoms with Gasteiger partial charge < -0.3 is 5.11 Å². The quantitative estimate of drug-likeness (QED) is 0.844. The van der Waals surface area contributed by atoms with Crippen molar-refractivity contribution in [3.8, 4) is 0 Å². The Bertz CT molecular complexity index is 379. The van der Waals surface area contributed by atoms with Gasteiger partial charge >= 0.3 is 5.97 Å². The molecule has 0 aliphatic heterocycles. The zero-order chi connectivity index (χ0) is 11.7. The van der Waals surface area contributed by atoms with Crippen molar-refractivity contribution >= 4 is 5.97 Å². The summed E-state index contributed by atoms with van der Waals surface area (Å²) in [7, 11) is 3.57. The van der Waals surface area contributed by atoms with E-state index >= 15 is 0 Å². The van der Waals surface area contributed by atoms with Crippen LogP contribution >= 0.6 is 0 Å². The third-order valence-electron chi connectivity index (χ3n) is 3.05. The highest BCUT2D eigenvalue weighted by molar-refractivity contribution is 5.75. The van der Waals surface area contributed by atoms with Crippen molar-refractivity contribution in [1.82, 2.24) is 4.90 Å². The lowest BCUT2D eigenvalue weighted by molar-refractivity contribution is -0.142. The summed E-state index contributed by atoms with van der Waals surface area (Å²) in [5.41, 5.74) is 2.19. The monoisotopic (exact) mass is 219 g/mol. The highest BCUT2D eigenvalue weighted by Crippen LogP contribution is 2.40. The molecule has 0 saturated heterocycles. The van der Waals surface area contributed by atoms with Crippen LogP contribution in [0.25, 0.3) is 0 Å². The summed E-state index contributed by atoms with van der Waals surface area (Å²) in [6.45, 7) is 0. The topological polar surface area (TPSA) is 40.5 Å². The van der Waals surface area contributed by atoms with Gasteiger partial charge in [-0.1, -0.05) is 24.3 Å². The molecule has 3 nitrogen and oxygen atoms in total. The zero-order valence-corrected chi connectivity index (χ0v) is 9.68. The predicted octanol–water partition coefficient (Wildman–Crippen LogP) is 2.25. The normalized spacial score (nSPS) is 17.4. The first-order chi connectivity index (χ1) is 7.59. The van der Waals surface area contributed by atoms with Crippen molar-refractivity contribution in [2.24, 2.45) is 0 Å². The molecule has 0 amide bonds. The number of carboxylic acid groups (broad SMARTS) is 1. The first-order valence-corrected chi connectivity index (χ1v) is 5.58. The largest absolute Gasteiger partial charge is 0.480 e. The van der Waals surface area contributed by atoms with Crippen LogP contribution < -0.4 is 0 Å². The Kier molecular flexibility index (Phi) is 2.97. The lowest BCUT2D eigenvalue weighted by atomic mass is 10.0. The Morgan fingerprint density at radius 1 is 1.31 bits per heavy atom. The molecule has 16 heavy (non-hydrogen) atoms. The standard InChI is InChI=1S/C13H17NO2/c1-14(2)12(13(15)16)11-7-5-10(6-8-11)9-3-4-9/h5-9,12H,3-4H2,1-2H3,(H,15,16). The number of benzene rings is 1. The summed E-state index contributed by atoms with van der Waals surface area (Å²) in [6, 6.07) is 7.45. The van der Waals surface area contributed by atoms with E-state index in [9.17, 15) is 4.79 Å². The fourth-order valence-electron chi connectivity index (χ4n) is 2.03. The van der Waals surface area contributed by atoms with Gasteiger partial charge in [-0.25, -0.2) is 0 Å². The summed E-state index contributed by atoms with van der Waals surface area (Å²) in [5, 5.41) is 9.15. The average Bonchev–Trinajstić information content (AvgIpc) is 3.01. The van der Waals surface area contributed by atoms with Crippen LogP contribution in [-0.2, 0) is 4.79 Å². The molecule has 1 saturated carbocycles. The SMILES string of the molecule is CN(C)C(C(=O)O)c1ccc(C2CC2)cc1. The molecule has 0 heterocycles. The number of hydrogen-bond donors (Lipinski definition) is 1. The molecule has 3 heteroatoms. The molecule has 0 bridgehead atoms. The van der Waals surface area contributed by atoms with Gasteiger partial charge in [0, 0.05) is 0 Å². The number of aliphatic carboxylic acids is 1. The summed E-state index contributed by atoms with van der Waals surface area (Å²) >= 11 is 0. The summed E-state index contributed by atoms with van der Waals surface area (Å²) in [5.74, 6) is -0.0825. The van der Waals surface area contributed by atoms with E-state index < -0.39 is 12.0 Å². The molecular weight excluding hydrogens is 202 g/mol. The highest BCUT2D eigenvalue weighted by atomic mass is 16.4. The predicted molar refractivity (Wildman–Crippen MR) is 62.5 cm³/mol. The summed E-state index contributed by atoms with van der Waals surface area (Å²) < 4.78 is 0. The van der Waals surface area contributed by atoms with E-state index in [0.29, 0.717) is 0 Å². The fourth-order valence-corrected chi connectivity index (χ4v) is 2.03. The molecular formula is C13H17NO2. The average molecular weight is 219 g/mol. The Balaban J connectivity index is 2.21. The molecule has 2 rings (SSSR count). The van der Waals surface area contributed by atoms with E-state index in [1.165, 1.54) is 18.4 Å². The van der Waals surface area contributed by atoms with Gasteiger partial charge in [0.25, 0.3) is 0 Å². The molecule has 0 spiro atoms. The second kappa shape index (κ2) is 4.26. The van der Waals surface area contributed by atoms with Crippen LogP contribution in [0.3, 0.4) is 0 Å². The number of carbonyl (C=O) groups is 1. The molecule has 1 aromatic rings. The van der Waals surface area contributed by atoms with Crippen LogP contribution in [0, 0.1) is 0 Å². The van der Waals surface area contributed by atoms with Gasteiger partial charge in [-0.05, 0) is 44.0 Å². The van der Waals surface area contributed by atoms with E-state index in [1.807, 2.05) is 12.1 Å². The molecule has 0 radical (unpaired) electrons. The van der Waals surface area contributed by atoms with Gasteiger partial charge in [-0.3, -0.25) is 9.69 Å². The molecule has 1 N–H and O–H groups in total. The molecule has 86 valence electrons. The first kappa shape index (κ1) is 11.1. The van der Waals surface area contributed by atoms with E-state index in [4.69, 9.17) is 5.11 Å². The maximum atomic E-state index is 11.1. The van der Waals surface area contributed by atoms with Crippen molar-refractivity contribution in [3.63, 3.8) is 0 Å². The van der Waals surface area contributed by atoms with Gasteiger partial charge in [0.15, 0.2) is 0 Å². The molecule has 1 aliphatic carbocycles. The Hall–Kier alpha value is -1.35. The van der Waals surface area contributed by atoms with E-state index in [2.05, 4.69) is 12.1 Å². The minimum Gasteiger partial charge on any atom is -0.480 e. The molecule has 1 aliphatic rings. The zero-order valence-electron chi connectivity index (χ0n) is 9.68. The van der Waals surface area contributed by atoms with Crippen LogP contribution in [0.15, 0.2) is 24.3 Å². The minimum atomic E-state index is -0.802. The van der Waals surface area contributed by atoms with Crippen LogP contribution in [0.1, 0.15) is 35.9 Å². The second-order valence-corrected chi connectivity index (χ2v) is 4.65. The third kappa shape index (κ3) is 2.25. The van der Waals surface area contributed by atoms with Crippen molar-refractivity contribution in [3.05, 3.63) is 35.4 Å². The van der Waals surface area contributed by atoms with Gasteiger partial charge in [0.05, 0.1) is 0 Å². The van der Waals surface area contributed by atoms with Crippen molar-refractivity contribution in [1.29, 1.82) is 0 Å². The van der Waals surface area contributed by atoms with Gasteiger partial charge in [0.2, 0.25) is 0 Å². The Labute approximate surface area is 95.7 Å². The van der Waals surface area contributed by atoms with Gasteiger partial charge in [-0.2, -0.15) is 0 Å². The second-order valence-electron chi connectivity index (χ2n) is 4.65. The van der Waals surface area contributed by atoms with Gasteiger partial charge in [-0.15, -0.1) is 0 Å². The van der Waals surface area contributed by atoms with Crippen molar-refractivity contribution < 1.29 is 9.90 Å². The Morgan fingerprint density at radius 2 is 1.88 bits per heavy atom. The minimum absolute atomic E-state index is 0.548. The summed E-state index contributed by atoms with van der Waals surface area (Å²) in [6.07, 6.45) is 2.55. The maximum Gasteiger partial charge on any atom is 0.325 e. The van der Waals surface area contributed by atoms with E-state index in [1.54, 1.807) is 19.0 Å². The van der Waals surface area contributed by atoms with Crippen LogP contribution in [0.4, 0.5) is 0 Å². The Morgan fingerprint density at radius 3 is 2.25 bits per heavy atom. The summed E-state index contributed by atoms with van der Waals surface area (Å²) in [4.78, 5) is 12.8. The maximum absolute atomic E-state index is 11.1. The van der Waals surface area contributed by atoms with E-state index in [0.717, 1.165) is 11.5 Å². The van der Waals surface area contributed by atoms with Crippen molar-refractivity contribution in [2.45, 2.75) is 24.8 Å². The number of nitrogens with zero attached hydrogens (tertiary/aromatic N) is 1.